The zero-order chi connectivity index (χ0) is 13.5. The van der Waals surface area contributed by atoms with Crippen LogP contribution in [0.15, 0.2) is 21.4 Å². The molecule has 0 amide bonds. The molecule has 0 aliphatic heterocycles. The van der Waals surface area contributed by atoms with E-state index >= 15 is 0 Å². The van der Waals surface area contributed by atoms with Crippen LogP contribution < -0.4 is 0 Å². The van der Waals surface area contributed by atoms with Gasteiger partial charge in [0.1, 0.15) is 5.82 Å². The molecule has 1 aromatic rings. The van der Waals surface area contributed by atoms with E-state index in [1.54, 1.807) is 7.05 Å². The Hall–Kier alpha value is -0.900. The molecule has 1 saturated carbocycles. The molecule has 0 spiro atoms. The summed E-state index contributed by atoms with van der Waals surface area (Å²) in [7, 11) is -0.844. The molecule has 2 rings (SSSR count). The smallest absolute Gasteiger partial charge is 0.127 e. The number of rotatable bonds is 3. The van der Waals surface area contributed by atoms with E-state index in [4.69, 9.17) is 0 Å². The van der Waals surface area contributed by atoms with E-state index in [2.05, 4.69) is 4.36 Å². The molecule has 0 bridgehead atoms. The lowest BCUT2D eigenvalue weighted by atomic mass is 10.0. The molecular formula is C14H20FNOS. The molecule has 0 radical (unpaired) electrons. The first kappa shape index (κ1) is 13.5. The van der Waals surface area contributed by atoms with Crippen molar-refractivity contribution in [1.82, 2.24) is 0 Å². The van der Waals surface area contributed by atoms with Crippen molar-refractivity contribution >= 4 is 9.73 Å². The average molecular weight is 269 g/mol. The van der Waals surface area contributed by atoms with Crippen molar-refractivity contribution in [1.29, 1.82) is 0 Å². The second-order valence-electron chi connectivity index (χ2n) is 5.24. The van der Waals surface area contributed by atoms with E-state index < -0.39 is 9.73 Å². The van der Waals surface area contributed by atoms with Crippen molar-refractivity contribution in [2.24, 2.45) is 4.36 Å². The van der Waals surface area contributed by atoms with Crippen LogP contribution in [0.4, 0.5) is 4.39 Å². The highest BCUT2D eigenvalue weighted by Crippen LogP contribution is 2.37. The molecule has 1 fully saturated rings. The minimum absolute atomic E-state index is 0.116. The SMILES string of the molecule is CN=S(=O)(c1cc(F)c(C(C)C)cc1C)C1CC1. The molecule has 1 aromatic carbocycles. The first-order valence-electron chi connectivity index (χ1n) is 6.34. The van der Waals surface area contributed by atoms with Gasteiger partial charge in [-0.15, -0.1) is 0 Å². The van der Waals surface area contributed by atoms with Crippen molar-refractivity contribution in [3.8, 4) is 0 Å². The lowest BCUT2D eigenvalue weighted by molar-refractivity contribution is 0.592. The van der Waals surface area contributed by atoms with Crippen LogP contribution in [0.2, 0.25) is 0 Å². The van der Waals surface area contributed by atoms with Gasteiger partial charge >= 0.3 is 0 Å². The zero-order valence-electron chi connectivity index (χ0n) is 11.4. The normalized spacial score (nSPS) is 18.8. The highest BCUT2D eigenvalue weighted by molar-refractivity contribution is 7.94. The molecule has 2 nitrogen and oxygen atoms in total. The summed E-state index contributed by atoms with van der Waals surface area (Å²) in [5.74, 6) is -0.129. The fourth-order valence-corrected chi connectivity index (χ4v) is 4.68. The topological polar surface area (TPSA) is 29.4 Å². The van der Waals surface area contributed by atoms with Crippen LogP contribution in [-0.4, -0.2) is 16.5 Å². The van der Waals surface area contributed by atoms with Crippen molar-refractivity contribution in [3.05, 3.63) is 29.1 Å². The van der Waals surface area contributed by atoms with E-state index in [-0.39, 0.29) is 17.0 Å². The Bertz CT molecular complexity index is 582. The van der Waals surface area contributed by atoms with Gasteiger partial charge in [0.05, 0.1) is 14.6 Å². The van der Waals surface area contributed by atoms with Gasteiger partial charge in [-0.3, -0.25) is 0 Å². The van der Waals surface area contributed by atoms with E-state index in [0.717, 1.165) is 18.4 Å². The van der Waals surface area contributed by atoms with Crippen molar-refractivity contribution in [2.45, 2.75) is 49.7 Å². The summed E-state index contributed by atoms with van der Waals surface area (Å²) in [6.07, 6.45) is 1.87. The molecule has 18 heavy (non-hydrogen) atoms. The second-order valence-corrected chi connectivity index (χ2v) is 7.85. The van der Waals surface area contributed by atoms with Crippen LogP contribution in [0, 0.1) is 12.7 Å². The van der Waals surface area contributed by atoms with Gasteiger partial charge in [0, 0.05) is 12.3 Å². The summed E-state index contributed by atoms with van der Waals surface area (Å²) >= 11 is 0. The summed E-state index contributed by atoms with van der Waals surface area (Å²) in [6.45, 7) is 5.81. The quantitative estimate of drug-likeness (QED) is 0.819. The summed E-state index contributed by atoms with van der Waals surface area (Å²) in [5.41, 5.74) is 1.58. The number of nitrogens with zero attached hydrogens (tertiary/aromatic N) is 1. The van der Waals surface area contributed by atoms with Crippen molar-refractivity contribution < 1.29 is 8.60 Å². The van der Waals surface area contributed by atoms with Gasteiger partial charge in [0.25, 0.3) is 0 Å². The number of hydrogen-bond acceptors (Lipinski definition) is 2. The average Bonchev–Trinajstić information content (AvgIpc) is 3.14. The third-order valence-corrected chi connectivity index (χ3v) is 6.47. The molecule has 0 saturated heterocycles. The highest BCUT2D eigenvalue weighted by Gasteiger charge is 2.35. The summed E-state index contributed by atoms with van der Waals surface area (Å²) in [4.78, 5) is 0.592. The minimum Gasteiger partial charge on any atom is -0.244 e. The van der Waals surface area contributed by atoms with Gasteiger partial charge in [-0.1, -0.05) is 19.9 Å². The largest absolute Gasteiger partial charge is 0.244 e. The highest BCUT2D eigenvalue weighted by atomic mass is 32.2. The Balaban J connectivity index is 2.60. The van der Waals surface area contributed by atoms with Gasteiger partial charge in [0.15, 0.2) is 0 Å². The predicted octanol–water partition coefficient (Wildman–Crippen LogP) is 3.88. The standard InChI is InChI=1S/C14H20FNOS/c1-9(2)12-7-10(3)14(8-13(12)15)18(17,16-4)11-5-6-11/h7-9,11H,5-6H2,1-4H3. The third-order valence-electron chi connectivity index (χ3n) is 3.48. The second kappa shape index (κ2) is 4.65. The Morgan fingerprint density at radius 1 is 1.39 bits per heavy atom. The van der Waals surface area contributed by atoms with Crippen molar-refractivity contribution in [2.75, 3.05) is 7.05 Å². The summed E-state index contributed by atoms with van der Waals surface area (Å²) < 4.78 is 31.0. The number of benzene rings is 1. The maximum Gasteiger partial charge on any atom is 0.127 e. The van der Waals surface area contributed by atoms with E-state index in [1.807, 2.05) is 26.8 Å². The Morgan fingerprint density at radius 2 is 2.00 bits per heavy atom. The van der Waals surface area contributed by atoms with Gasteiger partial charge in [-0.05, 0) is 42.9 Å². The third kappa shape index (κ3) is 2.18. The molecule has 0 heterocycles. The first-order valence-corrected chi connectivity index (χ1v) is 7.92. The lowest BCUT2D eigenvalue weighted by Gasteiger charge is -2.15. The van der Waals surface area contributed by atoms with Gasteiger partial charge in [0.2, 0.25) is 0 Å². The molecule has 1 atom stereocenters. The monoisotopic (exact) mass is 269 g/mol. The molecule has 4 heteroatoms. The molecular weight excluding hydrogens is 249 g/mol. The molecule has 1 aliphatic carbocycles. The molecule has 1 unspecified atom stereocenters. The van der Waals surface area contributed by atoms with Crippen LogP contribution in [0.5, 0.6) is 0 Å². The summed E-state index contributed by atoms with van der Waals surface area (Å²) in [5, 5.41) is 0.116. The molecule has 100 valence electrons. The number of hydrogen-bond donors (Lipinski definition) is 0. The van der Waals surface area contributed by atoms with Gasteiger partial charge < -0.3 is 0 Å². The van der Waals surface area contributed by atoms with Crippen LogP contribution in [0.25, 0.3) is 0 Å². The Morgan fingerprint density at radius 3 is 2.44 bits per heavy atom. The molecule has 0 N–H and O–H groups in total. The van der Waals surface area contributed by atoms with Crippen LogP contribution in [0.3, 0.4) is 0 Å². The van der Waals surface area contributed by atoms with E-state index in [1.165, 1.54) is 6.07 Å². The maximum atomic E-state index is 14.1. The fraction of sp³-hybridized carbons (Fsp3) is 0.571. The van der Waals surface area contributed by atoms with Gasteiger partial charge in [-0.25, -0.2) is 13.0 Å². The van der Waals surface area contributed by atoms with E-state index in [0.29, 0.717) is 10.5 Å². The van der Waals surface area contributed by atoms with E-state index in [9.17, 15) is 8.60 Å². The molecule has 1 aliphatic rings. The van der Waals surface area contributed by atoms with Crippen molar-refractivity contribution in [3.63, 3.8) is 0 Å². The van der Waals surface area contributed by atoms with Crippen LogP contribution in [0.1, 0.15) is 43.7 Å². The van der Waals surface area contributed by atoms with Gasteiger partial charge in [-0.2, -0.15) is 0 Å². The fourth-order valence-electron chi connectivity index (χ4n) is 2.26. The number of aryl methyl sites for hydroxylation is 1. The lowest BCUT2D eigenvalue weighted by Crippen LogP contribution is -2.10. The zero-order valence-corrected chi connectivity index (χ0v) is 12.2. The maximum absolute atomic E-state index is 14.1. The van der Waals surface area contributed by atoms with Crippen LogP contribution in [-0.2, 0) is 9.73 Å². The first-order chi connectivity index (χ1) is 8.40. The summed E-state index contributed by atoms with van der Waals surface area (Å²) in [6, 6.07) is 3.26. The number of halogens is 1. The molecule has 0 aromatic heterocycles. The Kier molecular flexibility index (Phi) is 3.49. The Labute approximate surface area is 109 Å². The minimum atomic E-state index is -2.42. The predicted molar refractivity (Wildman–Crippen MR) is 73.0 cm³/mol. The van der Waals surface area contributed by atoms with Crippen LogP contribution >= 0.6 is 0 Å².